The van der Waals surface area contributed by atoms with Gasteiger partial charge in [0.2, 0.25) is 0 Å². The minimum atomic E-state index is -4.29. The Balaban J connectivity index is 2.99. The lowest BCUT2D eigenvalue weighted by Crippen LogP contribution is -2.19. The van der Waals surface area contributed by atoms with Crippen molar-refractivity contribution in [1.82, 2.24) is 0 Å². The van der Waals surface area contributed by atoms with Crippen LogP contribution in [0.1, 0.15) is 6.92 Å². The van der Waals surface area contributed by atoms with Crippen molar-refractivity contribution in [2.75, 3.05) is 66.1 Å². The average Bonchev–Trinajstić information content (AvgIpc) is 2.38. The molecule has 20 heavy (non-hydrogen) atoms. The van der Waals surface area contributed by atoms with Gasteiger partial charge in [-0.15, -0.1) is 0 Å². The van der Waals surface area contributed by atoms with Crippen molar-refractivity contribution in [2.24, 2.45) is 0 Å². The van der Waals surface area contributed by atoms with E-state index in [1.54, 1.807) is 0 Å². The van der Waals surface area contributed by atoms with E-state index >= 15 is 0 Å². The highest BCUT2D eigenvalue weighted by molar-refractivity contribution is 4.45. The molecule has 0 amide bonds. The minimum Gasteiger partial charge on any atom is -0.379 e. The first-order valence-electron chi connectivity index (χ1n) is 6.51. The molecule has 0 aromatic carbocycles. The van der Waals surface area contributed by atoms with Gasteiger partial charge in [0, 0.05) is 6.61 Å². The van der Waals surface area contributed by atoms with Crippen LogP contribution in [0.4, 0.5) is 13.2 Å². The molecule has 0 atom stereocenters. The fourth-order valence-corrected chi connectivity index (χ4v) is 1.11. The summed E-state index contributed by atoms with van der Waals surface area (Å²) in [5.41, 5.74) is 0. The maximum Gasteiger partial charge on any atom is 0.411 e. The van der Waals surface area contributed by atoms with Crippen LogP contribution < -0.4 is 0 Å². The molecule has 0 saturated carbocycles. The van der Waals surface area contributed by atoms with Gasteiger partial charge in [-0.05, 0) is 6.92 Å². The van der Waals surface area contributed by atoms with Crippen LogP contribution >= 0.6 is 0 Å². The van der Waals surface area contributed by atoms with Crippen molar-refractivity contribution in [3.8, 4) is 0 Å². The molecule has 0 radical (unpaired) electrons. The van der Waals surface area contributed by atoms with E-state index in [9.17, 15) is 13.2 Å². The highest BCUT2D eigenvalue weighted by Gasteiger charge is 2.27. The number of ether oxygens (including phenoxy) is 5. The molecule has 0 unspecified atom stereocenters. The van der Waals surface area contributed by atoms with Crippen LogP contribution in [0.5, 0.6) is 0 Å². The maximum atomic E-state index is 11.7. The third kappa shape index (κ3) is 17.6. The predicted octanol–water partition coefficient (Wildman–Crippen LogP) is 1.65. The molecular formula is C12H23F3O5. The first kappa shape index (κ1) is 19.6. The summed E-state index contributed by atoms with van der Waals surface area (Å²) in [4.78, 5) is 0. The quantitative estimate of drug-likeness (QED) is 0.457. The van der Waals surface area contributed by atoms with Gasteiger partial charge >= 0.3 is 6.18 Å². The van der Waals surface area contributed by atoms with Crippen LogP contribution in [0.2, 0.25) is 0 Å². The Morgan fingerprint density at radius 2 is 0.950 bits per heavy atom. The van der Waals surface area contributed by atoms with Gasteiger partial charge in [0.25, 0.3) is 0 Å². The van der Waals surface area contributed by atoms with E-state index in [4.69, 9.17) is 18.9 Å². The molecule has 0 rings (SSSR count). The first-order valence-corrected chi connectivity index (χ1v) is 6.51. The summed E-state index contributed by atoms with van der Waals surface area (Å²) in [5, 5.41) is 0. The van der Waals surface area contributed by atoms with Crippen LogP contribution in [-0.2, 0) is 23.7 Å². The van der Waals surface area contributed by atoms with Gasteiger partial charge in [0.05, 0.1) is 52.9 Å². The topological polar surface area (TPSA) is 46.2 Å². The predicted molar refractivity (Wildman–Crippen MR) is 65.8 cm³/mol. The van der Waals surface area contributed by atoms with E-state index in [2.05, 4.69) is 4.74 Å². The second-order valence-electron chi connectivity index (χ2n) is 3.70. The van der Waals surface area contributed by atoms with Gasteiger partial charge in [0.1, 0.15) is 6.61 Å². The summed E-state index contributed by atoms with van der Waals surface area (Å²) in [6.45, 7) is 4.07. The molecule has 0 aliphatic heterocycles. The summed E-state index contributed by atoms with van der Waals surface area (Å²) < 4.78 is 60.0. The van der Waals surface area contributed by atoms with Crippen molar-refractivity contribution >= 4 is 0 Å². The number of hydrogen-bond donors (Lipinski definition) is 0. The van der Waals surface area contributed by atoms with Crippen LogP contribution in [0.15, 0.2) is 0 Å². The molecule has 8 heteroatoms. The Morgan fingerprint density at radius 1 is 0.600 bits per heavy atom. The van der Waals surface area contributed by atoms with Gasteiger partial charge < -0.3 is 23.7 Å². The number of halogens is 3. The molecule has 0 aromatic rings. The minimum absolute atomic E-state index is 0.0833. The second-order valence-corrected chi connectivity index (χ2v) is 3.70. The zero-order valence-corrected chi connectivity index (χ0v) is 11.7. The Bertz CT molecular complexity index is 202. The lowest BCUT2D eigenvalue weighted by molar-refractivity contribution is -0.176. The molecule has 0 bridgehead atoms. The van der Waals surface area contributed by atoms with Crippen LogP contribution in [0, 0.1) is 0 Å². The summed E-state index contributed by atoms with van der Waals surface area (Å²) in [5.74, 6) is 0. The van der Waals surface area contributed by atoms with E-state index in [1.165, 1.54) is 0 Å². The van der Waals surface area contributed by atoms with Crippen molar-refractivity contribution in [2.45, 2.75) is 13.1 Å². The number of rotatable bonds is 14. The largest absolute Gasteiger partial charge is 0.411 e. The monoisotopic (exact) mass is 304 g/mol. The Kier molecular flexibility index (Phi) is 13.3. The molecule has 0 spiro atoms. The molecule has 0 fully saturated rings. The standard InChI is InChI=1S/C12H23F3O5/c1-2-16-3-4-17-5-6-18-7-8-19-9-10-20-11-12(13,14)15/h2-11H2,1H3. The zero-order valence-electron chi connectivity index (χ0n) is 11.7. The molecule has 0 aromatic heterocycles. The summed E-state index contributed by atoms with van der Waals surface area (Å²) >= 11 is 0. The molecule has 0 aliphatic rings. The maximum absolute atomic E-state index is 11.7. The Labute approximate surface area is 117 Å². The number of alkyl halides is 3. The van der Waals surface area contributed by atoms with Gasteiger partial charge in [0.15, 0.2) is 0 Å². The second kappa shape index (κ2) is 13.6. The molecule has 0 saturated heterocycles. The van der Waals surface area contributed by atoms with E-state index in [0.717, 1.165) is 0 Å². The molecule has 5 nitrogen and oxygen atoms in total. The Hall–Kier alpha value is -0.410. The smallest absolute Gasteiger partial charge is 0.379 e. The van der Waals surface area contributed by atoms with Gasteiger partial charge in [-0.1, -0.05) is 0 Å². The fourth-order valence-electron chi connectivity index (χ4n) is 1.11. The lowest BCUT2D eigenvalue weighted by Gasteiger charge is -2.08. The molecule has 0 N–H and O–H groups in total. The van der Waals surface area contributed by atoms with E-state index in [1.807, 2.05) is 6.92 Å². The van der Waals surface area contributed by atoms with Gasteiger partial charge in [-0.25, -0.2) is 0 Å². The zero-order chi connectivity index (χ0) is 15.1. The van der Waals surface area contributed by atoms with Crippen molar-refractivity contribution in [3.05, 3.63) is 0 Å². The lowest BCUT2D eigenvalue weighted by atomic mass is 10.6. The Morgan fingerprint density at radius 3 is 1.30 bits per heavy atom. The van der Waals surface area contributed by atoms with Crippen LogP contribution in [0.3, 0.4) is 0 Å². The van der Waals surface area contributed by atoms with Gasteiger partial charge in [-0.2, -0.15) is 13.2 Å². The molecular weight excluding hydrogens is 281 g/mol. The van der Waals surface area contributed by atoms with Crippen molar-refractivity contribution in [1.29, 1.82) is 0 Å². The summed E-state index contributed by atoms with van der Waals surface area (Å²) in [7, 11) is 0. The summed E-state index contributed by atoms with van der Waals surface area (Å²) in [6, 6.07) is 0. The van der Waals surface area contributed by atoms with Gasteiger partial charge in [-0.3, -0.25) is 0 Å². The van der Waals surface area contributed by atoms with Crippen molar-refractivity contribution in [3.63, 3.8) is 0 Å². The highest BCUT2D eigenvalue weighted by Crippen LogP contribution is 2.13. The van der Waals surface area contributed by atoms with Crippen LogP contribution in [-0.4, -0.2) is 72.2 Å². The van der Waals surface area contributed by atoms with Crippen molar-refractivity contribution < 1.29 is 36.9 Å². The third-order valence-corrected chi connectivity index (χ3v) is 1.96. The third-order valence-electron chi connectivity index (χ3n) is 1.96. The molecule has 122 valence electrons. The fraction of sp³-hybridized carbons (Fsp3) is 1.00. The van der Waals surface area contributed by atoms with E-state index < -0.39 is 12.8 Å². The SMILES string of the molecule is CCOCCOCCOCCOCCOCC(F)(F)F. The highest BCUT2D eigenvalue weighted by atomic mass is 19.4. The van der Waals surface area contributed by atoms with E-state index in [0.29, 0.717) is 46.2 Å². The first-order chi connectivity index (χ1) is 9.56. The average molecular weight is 304 g/mol. The number of hydrogen-bond acceptors (Lipinski definition) is 5. The normalized spacial score (nSPS) is 12.0. The van der Waals surface area contributed by atoms with Crippen LogP contribution in [0.25, 0.3) is 0 Å². The molecule has 0 aliphatic carbocycles. The van der Waals surface area contributed by atoms with E-state index in [-0.39, 0.29) is 13.2 Å². The summed E-state index contributed by atoms with van der Waals surface area (Å²) in [6.07, 6.45) is -4.29. The molecule has 0 heterocycles.